The molecule has 0 saturated carbocycles. The monoisotopic (exact) mass is 881 g/mol. The van der Waals surface area contributed by atoms with E-state index in [1.807, 2.05) is 12.1 Å². The van der Waals surface area contributed by atoms with Crippen LogP contribution in [0.4, 0.5) is 0 Å². The highest BCUT2D eigenvalue weighted by molar-refractivity contribution is 5.98. The van der Waals surface area contributed by atoms with Gasteiger partial charge in [-0.15, -0.1) is 0 Å². The molecule has 0 unspecified atom stereocenters. The average Bonchev–Trinajstić information content (AvgIpc) is 3.56. The first-order chi connectivity index (χ1) is 30.6. The minimum Gasteiger partial charge on any atom is -0.497 e. The Balaban J connectivity index is 1.36. The molecule has 3 aromatic carbocycles. The molecule has 0 radical (unpaired) electrons. The molecule has 3 heterocycles. The molecule has 64 heavy (non-hydrogen) atoms. The maximum absolute atomic E-state index is 14.9. The first-order valence-electron chi connectivity index (χ1n) is 22.2. The summed E-state index contributed by atoms with van der Waals surface area (Å²) in [5.41, 5.74) is 2.03. The number of hydrogen-bond acceptors (Lipinski definition) is 10. The average molecular weight is 882 g/mol. The van der Waals surface area contributed by atoms with Gasteiger partial charge in [-0.1, -0.05) is 43.2 Å². The van der Waals surface area contributed by atoms with Crippen molar-refractivity contribution < 1.29 is 43.0 Å². The predicted molar refractivity (Wildman–Crippen MR) is 240 cm³/mol. The quantitative estimate of drug-likeness (QED) is 0.320. The van der Waals surface area contributed by atoms with Crippen molar-refractivity contribution in [1.29, 1.82) is 0 Å². The van der Waals surface area contributed by atoms with Gasteiger partial charge in [-0.05, 0) is 99.8 Å². The van der Waals surface area contributed by atoms with Gasteiger partial charge in [0.2, 0.25) is 35.4 Å². The molecule has 3 N–H and O–H groups in total. The highest BCUT2D eigenvalue weighted by atomic mass is 16.5. The molecule has 3 aromatic rings. The predicted octanol–water partition coefficient (Wildman–Crippen LogP) is 3.09. The lowest BCUT2D eigenvalue weighted by molar-refractivity contribution is -0.149. The minimum atomic E-state index is -1.17. The number of likely N-dealkylation sites (tertiary alicyclic amines) is 1. The molecule has 0 spiro atoms. The van der Waals surface area contributed by atoms with E-state index in [2.05, 4.69) is 20.9 Å². The maximum atomic E-state index is 14.9. The third-order valence-corrected chi connectivity index (χ3v) is 12.5. The van der Waals surface area contributed by atoms with Gasteiger partial charge in [0.05, 0.1) is 7.11 Å². The van der Waals surface area contributed by atoms with E-state index in [-0.39, 0.29) is 19.3 Å². The first-order valence-corrected chi connectivity index (χ1v) is 22.2. The van der Waals surface area contributed by atoms with Crippen LogP contribution in [0.2, 0.25) is 0 Å². The fraction of sp³-hybridized carbons (Fsp3) is 0.500. The molecule has 0 aromatic heterocycles. The zero-order chi connectivity index (χ0) is 46.1. The van der Waals surface area contributed by atoms with Crippen LogP contribution in [0.15, 0.2) is 66.7 Å². The van der Waals surface area contributed by atoms with Crippen molar-refractivity contribution in [3.05, 3.63) is 83.4 Å². The van der Waals surface area contributed by atoms with Crippen molar-refractivity contribution >= 4 is 35.4 Å². The summed E-state index contributed by atoms with van der Waals surface area (Å²) in [6.45, 7) is 7.77. The molecule has 2 fully saturated rings. The summed E-state index contributed by atoms with van der Waals surface area (Å²) in [6.07, 6.45) is 4.91. The summed E-state index contributed by atoms with van der Waals surface area (Å²) >= 11 is 0. The number of nitrogens with zero attached hydrogens (tertiary/aromatic N) is 4. The number of fused-ring (bicyclic) bond motifs is 7. The Morgan fingerprint density at radius 2 is 1.25 bits per heavy atom. The van der Waals surface area contributed by atoms with E-state index in [0.717, 1.165) is 32.5 Å². The Bertz CT molecular complexity index is 2160. The smallest absolute Gasteiger partial charge is 0.246 e. The summed E-state index contributed by atoms with van der Waals surface area (Å²) in [6, 6.07) is 12.9. The Labute approximate surface area is 375 Å². The van der Waals surface area contributed by atoms with Gasteiger partial charge in [0.25, 0.3) is 0 Å². The molecule has 3 aliphatic rings. The summed E-state index contributed by atoms with van der Waals surface area (Å²) in [5, 5.41) is 8.25. The van der Waals surface area contributed by atoms with Crippen LogP contribution in [-0.4, -0.2) is 146 Å². The number of benzene rings is 3. The molecule has 6 amide bonds. The molecule has 16 nitrogen and oxygen atoms in total. The summed E-state index contributed by atoms with van der Waals surface area (Å²) < 4.78 is 18.1. The van der Waals surface area contributed by atoms with Gasteiger partial charge >= 0.3 is 0 Å². The van der Waals surface area contributed by atoms with Crippen LogP contribution in [0.25, 0.3) is 0 Å². The number of methoxy groups -OCH3 is 1. The topological polar surface area (TPSA) is 179 Å². The van der Waals surface area contributed by atoms with Crippen molar-refractivity contribution in [3.63, 3.8) is 0 Å². The van der Waals surface area contributed by atoms with E-state index in [9.17, 15) is 28.8 Å². The van der Waals surface area contributed by atoms with E-state index in [4.69, 9.17) is 14.2 Å². The number of carbonyl (C=O) groups excluding carboxylic acids is 6. The highest BCUT2D eigenvalue weighted by Gasteiger charge is 2.39. The van der Waals surface area contributed by atoms with Crippen molar-refractivity contribution in [2.45, 2.75) is 102 Å². The maximum Gasteiger partial charge on any atom is 0.246 e. The second-order valence-corrected chi connectivity index (χ2v) is 17.2. The lowest BCUT2D eigenvalue weighted by Gasteiger charge is -2.36. The van der Waals surface area contributed by atoms with Crippen LogP contribution in [0.3, 0.4) is 0 Å². The van der Waals surface area contributed by atoms with E-state index in [0.29, 0.717) is 46.3 Å². The standard InChI is InChI=1S/C48H63N7O9/c1-30-43(56)50-31(2)46(59)52(4)38(26-33-15-18-36(62-7)19-16-33)45(58)51-32(3)47(60)54(6)40-28-34-13-12-14-37(25-34)64-42-29-35(27-39(44(57)49-30)53(5)48(40)61)17-20-41(42)63-24-23-55-21-10-8-9-11-22-55/h12-20,25,29-32,38-40H,8-11,21-24,26-28H2,1-7H3,(H,49,57)(H,50,56)(H,51,58)/t30-,31+,32-,38+,39+,40+/m1/s1. The van der Waals surface area contributed by atoms with Crippen LogP contribution in [-0.2, 0) is 48.0 Å². The molecule has 344 valence electrons. The second-order valence-electron chi connectivity index (χ2n) is 17.2. The third kappa shape index (κ3) is 11.7. The normalized spacial score (nSPS) is 24.7. The van der Waals surface area contributed by atoms with Gasteiger partial charge < -0.3 is 44.9 Å². The lowest BCUT2D eigenvalue weighted by atomic mass is 9.99. The van der Waals surface area contributed by atoms with Crippen molar-refractivity contribution in [2.24, 2.45) is 0 Å². The molecular weight excluding hydrogens is 819 g/mol. The SMILES string of the molecule is COc1ccc(C[C@H]2C(=O)N[C@H](C)C(=O)N(C)[C@H]3Cc4cccc(c4)Oc4cc(ccc4OCCN4CCCCCC4)C[C@@H](C(=O)N[C@H](C)C(=O)N[C@@H](C)C(=O)N2C)N(C)C3=O)cc1. The van der Waals surface area contributed by atoms with Crippen molar-refractivity contribution in [3.8, 4) is 23.0 Å². The molecule has 6 rings (SSSR count). The highest BCUT2D eigenvalue weighted by Crippen LogP contribution is 2.35. The van der Waals surface area contributed by atoms with Crippen LogP contribution in [0, 0.1) is 0 Å². The van der Waals surface area contributed by atoms with Crippen LogP contribution in [0.1, 0.15) is 63.1 Å². The number of hydrogen-bond donors (Lipinski definition) is 3. The molecule has 16 heteroatoms. The number of nitrogens with one attached hydrogen (secondary N) is 3. The first kappa shape index (κ1) is 47.3. The number of carbonyl (C=O) groups is 6. The molecular formula is C48H63N7O9. The van der Waals surface area contributed by atoms with Crippen molar-refractivity contribution in [2.75, 3.05) is 54.5 Å². The van der Waals surface area contributed by atoms with Gasteiger partial charge in [0.1, 0.15) is 54.4 Å². The Morgan fingerprint density at radius 3 is 1.94 bits per heavy atom. The second kappa shape index (κ2) is 21.5. The van der Waals surface area contributed by atoms with Crippen LogP contribution in [0.5, 0.6) is 23.0 Å². The summed E-state index contributed by atoms with van der Waals surface area (Å²) in [5.74, 6) is -1.52. The van der Waals surface area contributed by atoms with Crippen molar-refractivity contribution in [1.82, 2.24) is 35.6 Å². The number of ether oxygens (including phenoxy) is 3. The summed E-state index contributed by atoms with van der Waals surface area (Å²) in [7, 11) is 5.99. The molecule has 2 saturated heterocycles. The molecule has 6 atom stereocenters. The molecule has 3 aliphatic heterocycles. The lowest BCUT2D eigenvalue weighted by Crippen LogP contribution is -2.61. The Hall–Kier alpha value is -6.16. The van der Waals surface area contributed by atoms with Gasteiger partial charge in [-0.2, -0.15) is 0 Å². The van der Waals surface area contributed by atoms with Crippen LogP contribution < -0.4 is 30.2 Å². The van der Waals surface area contributed by atoms with Gasteiger partial charge in [0, 0.05) is 47.0 Å². The number of amides is 6. The zero-order valence-electron chi connectivity index (χ0n) is 38.1. The number of likely N-dealkylation sites (N-methyl/N-ethyl adjacent to an activating group) is 3. The Morgan fingerprint density at radius 1 is 0.641 bits per heavy atom. The summed E-state index contributed by atoms with van der Waals surface area (Å²) in [4.78, 5) is 91.7. The van der Waals surface area contributed by atoms with Gasteiger partial charge in [-0.3, -0.25) is 33.7 Å². The van der Waals surface area contributed by atoms with Crippen LogP contribution >= 0.6 is 0 Å². The third-order valence-electron chi connectivity index (χ3n) is 12.5. The largest absolute Gasteiger partial charge is 0.497 e. The number of rotatable bonds is 7. The van der Waals surface area contributed by atoms with Gasteiger partial charge in [-0.25, -0.2) is 0 Å². The fourth-order valence-corrected chi connectivity index (χ4v) is 8.47. The van der Waals surface area contributed by atoms with E-state index >= 15 is 0 Å². The molecule has 6 bridgehead atoms. The van der Waals surface area contributed by atoms with Gasteiger partial charge in [0.15, 0.2) is 11.5 Å². The van der Waals surface area contributed by atoms with E-state index in [1.54, 1.807) is 54.6 Å². The Kier molecular flexibility index (Phi) is 15.9. The molecule has 0 aliphatic carbocycles. The fourth-order valence-electron chi connectivity index (χ4n) is 8.47. The zero-order valence-corrected chi connectivity index (χ0v) is 38.1. The van der Waals surface area contributed by atoms with E-state index < -0.39 is 71.7 Å². The van der Waals surface area contributed by atoms with E-state index in [1.165, 1.54) is 76.6 Å². The minimum absolute atomic E-state index is 0.0104.